The van der Waals surface area contributed by atoms with E-state index in [2.05, 4.69) is 20.4 Å². The van der Waals surface area contributed by atoms with Crippen LogP contribution in [0.1, 0.15) is 21.7 Å². The fourth-order valence-corrected chi connectivity index (χ4v) is 2.87. The minimum absolute atomic E-state index is 0.0947. The van der Waals surface area contributed by atoms with E-state index in [1.54, 1.807) is 60.4 Å². The van der Waals surface area contributed by atoms with Gasteiger partial charge in [-0.15, -0.1) is 0 Å². The topological polar surface area (TPSA) is 81.9 Å². The average molecular weight is 439 g/mol. The molecule has 0 unspecified atom stereocenters. The molecular weight excluding hydrogens is 423 g/mol. The molecule has 162 valence electrons. The number of anilines is 1. The molecule has 4 aromatic rings. The van der Waals surface area contributed by atoms with Gasteiger partial charge in [0.1, 0.15) is 11.6 Å². The molecule has 2 aromatic carbocycles. The Balaban J connectivity index is 1.46. The number of rotatable bonds is 5. The summed E-state index contributed by atoms with van der Waals surface area (Å²) in [4.78, 5) is 20.9. The Morgan fingerprint density at radius 2 is 1.81 bits per heavy atom. The highest BCUT2D eigenvalue weighted by atomic mass is 19.4. The van der Waals surface area contributed by atoms with Crippen molar-refractivity contribution in [3.63, 3.8) is 0 Å². The normalized spacial score (nSPS) is 11.2. The fourth-order valence-electron chi connectivity index (χ4n) is 2.87. The van der Waals surface area contributed by atoms with E-state index in [0.717, 1.165) is 12.1 Å². The van der Waals surface area contributed by atoms with Gasteiger partial charge in [0.05, 0.1) is 5.56 Å². The molecule has 0 atom stereocenters. The first-order valence-electron chi connectivity index (χ1n) is 9.40. The van der Waals surface area contributed by atoms with Crippen LogP contribution in [0.2, 0.25) is 0 Å². The number of hydrogen-bond donors (Lipinski definition) is 1. The molecule has 0 radical (unpaired) electrons. The van der Waals surface area contributed by atoms with Gasteiger partial charge in [0, 0.05) is 29.7 Å². The summed E-state index contributed by atoms with van der Waals surface area (Å²) in [5.74, 6) is 1.15. The second-order valence-electron chi connectivity index (χ2n) is 6.72. The van der Waals surface area contributed by atoms with Crippen molar-refractivity contribution in [3.05, 3.63) is 90.0 Å². The van der Waals surface area contributed by atoms with Crippen LogP contribution in [0.3, 0.4) is 0 Å². The van der Waals surface area contributed by atoms with Crippen LogP contribution in [0.5, 0.6) is 11.6 Å². The summed E-state index contributed by atoms with van der Waals surface area (Å²) in [6, 6.07) is 14.0. The maximum Gasteiger partial charge on any atom is 0.416 e. The molecule has 4 rings (SSSR count). The number of carbonyl (C=O) groups excluding carboxylic acids is 1. The van der Waals surface area contributed by atoms with Crippen LogP contribution in [0.15, 0.2) is 73.1 Å². The number of alkyl halides is 3. The molecule has 1 amide bonds. The molecule has 2 heterocycles. The van der Waals surface area contributed by atoms with Crippen LogP contribution in [0.4, 0.5) is 18.9 Å². The molecule has 0 aliphatic rings. The number of nitrogens with zero attached hydrogens (tertiary/aromatic N) is 4. The van der Waals surface area contributed by atoms with E-state index in [1.807, 2.05) is 0 Å². The van der Waals surface area contributed by atoms with Crippen molar-refractivity contribution in [1.82, 2.24) is 19.7 Å². The maximum atomic E-state index is 12.9. The zero-order valence-electron chi connectivity index (χ0n) is 16.7. The van der Waals surface area contributed by atoms with Crippen molar-refractivity contribution in [2.75, 3.05) is 5.32 Å². The standard InChI is InChI=1S/C22H16F3N5O2/c1-14-27-19(30-11-3-10-26-30)13-20(28-14)32-18-8-6-17(7-9-18)29-21(31)15-4-2-5-16(12-15)22(23,24)25/h2-13H,1H3,(H,29,31). The third kappa shape index (κ3) is 4.91. The Morgan fingerprint density at radius 3 is 2.50 bits per heavy atom. The molecule has 0 saturated carbocycles. The second kappa shape index (κ2) is 8.50. The number of hydrogen-bond acceptors (Lipinski definition) is 5. The molecule has 0 fully saturated rings. The Bertz CT molecular complexity index is 1240. The summed E-state index contributed by atoms with van der Waals surface area (Å²) in [5, 5.41) is 6.69. The lowest BCUT2D eigenvalue weighted by atomic mass is 10.1. The zero-order valence-corrected chi connectivity index (χ0v) is 16.7. The summed E-state index contributed by atoms with van der Waals surface area (Å²) in [7, 11) is 0. The Hall–Kier alpha value is -4.21. The SMILES string of the molecule is Cc1nc(Oc2ccc(NC(=O)c3cccc(C(F)(F)F)c3)cc2)cc(-n2cccn2)n1. The van der Waals surface area contributed by atoms with Crippen LogP contribution in [0.25, 0.3) is 5.82 Å². The third-order valence-electron chi connectivity index (χ3n) is 4.33. The largest absolute Gasteiger partial charge is 0.439 e. The number of halogens is 3. The molecule has 0 bridgehead atoms. The Morgan fingerprint density at radius 1 is 1.03 bits per heavy atom. The molecule has 0 saturated heterocycles. The summed E-state index contributed by atoms with van der Waals surface area (Å²) < 4.78 is 45.9. The first-order chi connectivity index (χ1) is 15.3. The summed E-state index contributed by atoms with van der Waals surface area (Å²) >= 11 is 0. The lowest BCUT2D eigenvalue weighted by Crippen LogP contribution is -2.13. The van der Waals surface area contributed by atoms with Gasteiger partial charge in [-0.05, 0) is 55.5 Å². The quantitative estimate of drug-likeness (QED) is 0.472. The van der Waals surface area contributed by atoms with Crippen molar-refractivity contribution in [3.8, 4) is 17.4 Å². The van der Waals surface area contributed by atoms with E-state index in [1.165, 1.54) is 12.1 Å². The number of nitrogens with one attached hydrogen (secondary N) is 1. The second-order valence-corrected chi connectivity index (χ2v) is 6.72. The van der Waals surface area contributed by atoms with Gasteiger partial charge in [0.25, 0.3) is 5.91 Å². The molecule has 10 heteroatoms. The Kier molecular flexibility index (Phi) is 5.59. The highest BCUT2D eigenvalue weighted by molar-refractivity contribution is 6.04. The lowest BCUT2D eigenvalue weighted by molar-refractivity contribution is -0.137. The minimum Gasteiger partial charge on any atom is -0.439 e. The van der Waals surface area contributed by atoms with E-state index in [-0.39, 0.29) is 5.56 Å². The average Bonchev–Trinajstić information content (AvgIpc) is 3.29. The smallest absolute Gasteiger partial charge is 0.416 e. The van der Waals surface area contributed by atoms with Crippen LogP contribution >= 0.6 is 0 Å². The highest BCUT2D eigenvalue weighted by Gasteiger charge is 2.30. The van der Waals surface area contributed by atoms with Crippen LogP contribution in [-0.2, 0) is 6.18 Å². The van der Waals surface area contributed by atoms with E-state index in [4.69, 9.17) is 4.74 Å². The number of carbonyl (C=O) groups is 1. The van der Waals surface area contributed by atoms with Crippen molar-refractivity contribution in [2.45, 2.75) is 13.1 Å². The third-order valence-corrected chi connectivity index (χ3v) is 4.33. The van der Waals surface area contributed by atoms with Gasteiger partial charge in [-0.1, -0.05) is 6.07 Å². The predicted molar refractivity (Wildman–Crippen MR) is 110 cm³/mol. The molecule has 0 spiro atoms. The van der Waals surface area contributed by atoms with Crippen LogP contribution in [0, 0.1) is 6.92 Å². The van der Waals surface area contributed by atoms with Gasteiger partial charge in [0.15, 0.2) is 5.82 Å². The number of aromatic nitrogens is 4. The summed E-state index contributed by atoms with van der Waals surface area (Å²) in [6.45, 7) is 1.73. The molecular formula is C22H16F3N5O2. The monoisotopic (exact) mass is 439 g/mol. The van der Waals surface area contributed by atoms with Gasteiger partial charge in [-0.3, -0.25) is 4.79 Å². The molecule has 0 aliphatic heterocycles. The minimum atomic E-state index is -4.52. The number of benzene rings is 2. The van der Waals surface area contributed by atoms with Gasteiger partial charge in [0.2, 0.25) is 5.88 Å². The van der Waals surface area contributed by atoms with Gasteiger partial charge >= 0.3 is 6.18 Å². The molecule has 0 aliphatic carbocycles. The number of aryl methyl sites for hydroxylation is 1. The van der Waals surface area contributed by atoms with Gasteiger partial charge < -0.3 is 10.1 Å². The highest BCUT2D eigenvalue weighted by Crippen LogP contribution is 2.30. The van der Waals surface area contributed by atoms with Gasteiger partial charge in [-0.2, -0.15) is 23.3 Å². The van der Waals surface area contributed by atoms with Crippen LogP contribution < -0.4 is 10.1 Å². The van der Waals surface area contributed by atoms with E-state index in [9.17, 15) is 18.0 Å². The van der Waals surface area contributed by atoms with E-state index >= 15 is 0 Å². The predicted octanol–water partition coefficient (Wildman–Crippen LogP) is 5.03. The fraction of sp³-hybridized carbons (Fsp3) is 0.0909. The molecule has 2 aromatic heterocycles. The summed E-state index contributed by atoms with van der Waals surface area (Å²) in [6.07, 6.45) is -1.15. The van der Waals surface area contributed by atoms with E-state index < -0.39 is 17.6 Å². The number of ether oxygens (including phenoxy) is 1. The maximum absolute atomic E-state index is 12.9. The van der Waals surface area contributed by atoms with Crippen molar-refractivity contribution < 1.29 is 22.7 Å². The zero-order chi connectivity index (χ0) is 22.7. The first kappa shape index (κ1) is 21.0. The number of amides is 1. The summed E-state index contributed by atoms with van der Waals surface area (Å²) in [5.41, 5.74) is -0.581. The van der Waals surface area contributed by atoms with Crippen LogP contribution in [-0.4, -0.2) is 25.7 Å². The lowest BCUT2D eigenvalue weighted by Gasteiger charge is -2.10. The molecule has 1 N–H and O–H groups in total. The van der Waals surface area contributed by atoms with Crippen molar-refractivity contribution in [2.24, 2.45) is 0 Å². The molecule has 7 nitrogen and oxygen atoms in total. The van der Waals surface area contributed by atoms with Gasteiger partial charge in [-0.25, -0.2) is 9.67 Å². The first-order valence-corrected chi connectivity index (χ1v) is 9.40. The van der Waals surface area contributed by atoms with Crippen molar-refractivity contribution >= 4 is 11.6 Å². The Labute approximate surface area is 180 Å². The van der Waals surface area contributed by atoms with Crippen molar-refractivity contribution in [1.29, 1.82) is 0 Å². The van der Waals surface area contributed by atoms with E-state index in [0.29, 0.717) is 29.0 Å². The molecule has 32 heavy (non-hydrogen) atoms.